The van der Waals surface area contributed by atoms with Crippen molar-refractivity contribution in [3.05, 3.63) is 52.9 Å². The zero-order valence-electron chi connectivity index (χ0n) is 20.3. The molecule has 8 nitrogen and oxygen atoms in total. The summed E-state index contributed by atoms with van der Waals surface area (Å²) in [4.78, 5) is 36.1. The smallest absolute Gasteiger partial charge is 0.328 e. The highest BCUT2D eigenvalue weighted by molar-refractivity contribution is 6.08. The molecule has 35 heavy (non-hydrogen) atoms. The minimum Gasteiger partial charge on any atom is -0.512 e. The number of H-pyrrole nitrogens is 1. The molecular formula is C27H30N4O4. The molecule has 3 amide bonds. The van der Waals surface area contributed by atoms with E-state index >= 15 is 0 Å². The van der Waals surface area contributed by atoms with Crippen molar-refractivity contribution in [2.75, 3.05) is 33.8 Å². The molecule has 0 radical (unpaired) electrons. The van der Waals surface area contributed by atoms with Crippen LogP contribution >= 0.6 is 0 Å². The maximum Gasteiger partial charge on any atom is 0.328 e. The number of nitrogens with one attached hydrogen (secondary N) is 1. The summed E-state index contributed by atoms with van der Waals surface area (Å²) in [7, 11) is 3.49. The SMILES string of the molecule is C#CCN(C)CCN1C(=O)N2[C@H](C3=CCCC(O)=C3)c3[nH]c4ccc(OC)cc4c3C[C@@]2(C)C1=O. The Bertz CT molecular complexity index is 1320. The number of aliphatic hydroxyl groups excluding tert-OH is 1. The Kier molecular flexibility index (Phi) is 5.60. The van der Waals surface area contributed by atoms with E-state index in [4.69, 9.17) is 11.2 Å². The summed E-state index contributed by atoms with van der Waals surface area (Å²) in [6.07, 6.45) is 10.8. The number of aromatic amines is 1. The van der Waals surface area contributed by atoms with Gasteiger partial charge >= 0.3 is 6.03 Å². The van der Waals surface area contributed by atoms with Crippen LogP contribution in [-0.4, -0.2) is 76.1 Å². The predicted octanol–water partition coefficient (Wildman–Crippen LogP) is 3.52. The van der Waals surface area contributed by atoms with Gasteiger partial charge in [0.15, 0.2) is 0 Å². The van der Waals surface area contributed by atoms with E-state index in [1.807, 2.05) is 43.1 Å². The third-order valence-corrected chi connectivity index (χ3v) is 7.37. The zero-order chi connectivity index (χ0) is 24.9. The van der Waals surface area contributed by atoms with E-state index in [9.17, 15) is 14.7 Å². The van der Waals surface area contributed by atoms with Crippen LogP contribution in [0.5, 0.6) is 5.75 Å². The molecule has 5 rings (SSSR count). The van der Waals surface area contributed by atoms with Crippen molar-refractivity contribution < 1.29 is 19.4 Å². The monoisotopic (exact) mass is 474 g/mol. The topological polar surface area (TPSA) is 89.1 Å². The molecule has 0 saturated carbocycles. The van der Waals surface area contributed by atoms with Crippen LogP contribution < -0.4 is 4.74 Å². The minimum atomic E-state index is -1.06. The van der Waals surface area contributed by atoms with Gasteiger partial charge in [-0.3, -0.25) is 19.5 Å². The van der Waals surface area contributed by atoms with Gasteiger partial charge in [-0.15, -0.1) is 6.42 Å². The Morgan fingerprint density at radius 3 is 2.89 bits per heavy atom. The Balaban J connectivity index is 1.63. The molecule has 3 heterocycles. The highest BCUT2D eigenvalue weighted by Crippen LogP contribution is 2.50. The molecule has 8 heteroatoms. The van der Waals surface area contributed by atoms with Gasteiger partial charge in [-0.25, -0.2) is 4.79 Å². The lowest BCUT2D eigenvalue weighted by Gasteiger charge is -2.43. The number of aliphatic hydroxyl groups is 1. The number of fused-ring (bicyclic) bond motifs is 4. The Hall–Kier alpha value is -3.70. The normalized spacial score (nSPS) is 23.8. The fourth-order valence-electron chi connectivity index (χ4n) is 5.57. The van der Waals surface area contributed by atoms with Crippen molar-refractivity contribution in [3.63, 3.8) is 0 Å². The third kappa shape index (κ3) is 3.58. The Labute approximate surface area is 204 Å². The number of benzene rings is 1. The average molecular weight is 475 g/mol. The molecule has 1 aliphatic carbocycles. The second-order valence-corrected chi connectivity index (χ2v) is 9.71. The van der Waals surface area contributed by atoms with Crippen LogP contribution in [-0.2, 0) is 11.2 Å². The lowest BCUT2D eigenvalue weighted by atomic mass is 9.80. The van der Waals surface area contributed by atoms with Crippen LogP contribution in [0.3, 0.4) is 0 Å². The predicted molar refractivity (Wildman–Crippen MR) is 133 cm³/mol. The molecule has 2 atom stereocenters. The van der Waals surface area contributed by atoms with E-state index in [-0.39, 0.29) is 24.2 Å². The Morgan fingerprint density at radius 1 is 1.37 bits per heavy atom. The quantitative estimate of drug-likeness (QED) is 0.494. The van der Waals surface area contributed by atoms with Crippen molar-refractivity contribution in [2.45, 2.75) is 37.8 Å². The van der Waals surface area contributed by atoms with Gasteiger partial charge in [0.25, 0.3) is 5.91 Å². The number of urea groups is 1. The fourth-order valence-corrected chi connectivity index (χ4v) is 5.57. The summed E-state index contributed by atoms with van der Waals surface area (Å²) in [5.74, 6) is 3.38. The first-order valence-corrected chi connectivity index (χ1v) is 11.8. The average Bonchev–Trinajstić information content (AvgIpc) is 3.28. The lowest BCUT2D eigenvalue weighted by Crippen LogP contribution is -2.53. The first-order valence-electron chi connectivity index (χ1n) is 11.8. The van der Waals surface area contributed by atoms with Crippen LogP contribution in [0.1, 0.15) is 37.1 Å². The van der Waals surface area contributed by atoms with Crippen molar-refractivity contribution in [3.8, 4) is 18.1 Å². The van der Waals surface area contributed by atoms with Crippen molar-refractivity contribution in [2.24, 2.45) is 0 Å². The van der Waals surface area contributed by atoms with Gasteiger partial charge in [0, 0.05) is 42.5 Å². The number of aromatic nitrogens is 1. The van der Waals surface area contributed by atoms with Gasteiger partial charge in [0.2, 0.25) is 0 Å². The molecule has 1 aromatic heterocycles. The van der Waals surface area contributed by atoms with Crippen molar-refractivity contribution in [1.29, 1.82) is 0 Å². The van der Waals surface area contributed by atoms with Gasteiger partial charge in [-0.2, -0.15) is 0 Å². The third-order valence-electron chi connectivity index (χ3n) is 7.37. The highest BCUT2D eigenvalue weighted by atomic mass is 16.5. The number of terminal acetylenes is 1. The largest absolute Gasteiger partial charge is 0.512 e. The molecule has 2 aliphatic heterocycles. The van der Waals surface area contributed by atoms with Crippen LogP contribution in [0, 0.1) is 12.3 Å². The number of carbonyl (C=O) groups excluding carboxylic acids is 2. The highest BCUT2D eigenvalue weighted by Gasteiger charge is 2.60. The van der Waals surface area contributed by atoms with E-state index in [1.54, 1.807) is 18.1 Å². The number of nitrogens with zero attached hydrogens (tertiary/aromatic N) is 3. The standard InChI is InChI=1S/C27H30N4O4/c1-5-11-29(3)12-13-30-25(33)27(2)16-21-20-15-19(35-4)9-10-22(20)28-23(21)24(31(27)26(30)34)17-7-6-8-18(32)14-17/h1,7,9-10,14-15,24,28,32H,6,8,11-13,16H2,2-4H3/t24-,27+/m1/s1. The number of rotatable bonds is 6. The molecule has 1 saturated heterocycles. The van der Waals surface area contributed by atoms with Crippen molar-refractivity contribution in [1.82, 2.24) is 19.7 Å². The van der Waals surface area contributed by atoms with Crippen LogP contribution in [0.15, 0.2) is 41.7 Å². The van der Waals surface area contributed by atoms with E-state index in [0.29, 0.717) is 32.4 Å². The second kappa shape index (κ2) is 8.51. The Morgan fingerprint density at radius 2 is 2.17 bits per heavy atom. The van der Waals surface area contributed by atoms with Gasteiger partial charge in [-0.05, 0) is 55.8 Å². The molecule has 2 N–H and O–H groups in total. The van der Waals surface area contributed by atoms with Crippen LogP contribution in [0.25, 0.3) is 10.9 Å². The molecule has 0 unspecified atom stereocenters. The summed E-state index contributed by atoms with van der Waals surface area (Å²) >= 11 is 0. The van der Waals surface area contributed by atoms with Gasteiger partial charge < -0.3 is 14.8 Å². The number of imide groups is 1. The summed E-state index contributed by atoms with van der Waals surface area (Å²) in [5.41, 5.74) is 2.54. The van der Waals surface area contributed by atoms with Crippen LogP contribution in [0.4, 0.5) is 4.79 Å². The maximum absolute atomic E-state index is 13.8. The molecular weight excluding hydrogens is 444 g/mol. The fraction of sp³-hybridized carbons (Fsp3) is 0.407. The van der Waals surface area contributed by atoms with Gasteiger partial charge in [0.1, 0.15) is 17.3 Å². The van der Waals surface area contributed by atoms with E-state index in [1.165, 1.54) is 4.90 Å². The molecule has 3 aliphatic rings. The molecule has 2 aromatic rings. The molecule has 0 bridgehead atoms. The molecule has 182 valence electrons. The molecule has 1 aromatic carbocycles. The zero-order valence-corrected chi connectivity index (χ0v) is 20.3. The van der Waals surface area contributed by atoms with Gasteiger partial charge in [0.05, 0.1) is 19.4 Å². The molecule has 0 spiro atoms. The summed E-state index contributed by atoms with van der Waals surface area (Å²) in [6, 6.07) is 4.97. The number of amides is 3. The number of methoxy groups -OCH3 is 1. The number of hydrogen-bond acceptors (Lipinski definition) is 5. The second-order valence-electron chi connectivity index (χ2n) is 9.71. The number of ether oxygens (including phenoxy) is 1. The summed E-state index contributed by atoms with van der Waals surface area (Å²) in [5, 5.41) is 11.3. The van der Waals surface area contributed by atoms with E-state index < -0.39 is 11.6 Å². The van der Waals surface area contributed by atoms with Gasteiger partial charge in [-0.1, -0.05) is 12.0 Å². The van der Waals surface area contributed by atoms with Crippen molar-refractivity contribution >= 4 is 22.8 Å². The van der Waals surface area contributed by atoms with E-state index in [0.717, 1.165) is 33.5 Å². The summed E-state index contributed by atoms with van der Waals surface area (Å²) < 4.78 is 5.45. The minimum absolute atomic E-state index is 0.214. The summed E-state index contributed by atoms with van der Waals surface area (Å²) in [6.45, 7) is 3.04. The number of hydrogen-bond donors (Lipinski definition) is 2. The van der Waals surface area contributed by atoms with E-state index in [2.05, 4.69) is 10.9 Å². The number of allylic oxidation sites excluding steroid dienone is 2. The first-order chi connectivity index (χ1) is 16.8. The van der Waals surface area contributed by atoms with Crippen LogP contribution in [0.2, 0.25) is 0 Å². The lowest BCUT2D eigenvalue weighted by molar-refractivity contribution is -0.133. The molecule has 1 fully saturated rings. The number of likely N-dealkylation sites (N-methyl/N-ethyl adjacent to an activating group) is 1. The first kappa shape index (κ1) is 23.1. The maximum atomic E-state index is 13.8. The number of carbonyl (C=O) groups is 2.